The molecule has 0 aromatic carbocycles. The number of rotatable bonds is 6. The van der Waals surface area contributed by atoms with Gasteiger partial charge in [0.2, 0.25) is 11.0 Å². The topological polar surface area (TPSA) is 114 Å². The Balaban J connectivity index is 2.75. The van der Waals surface area contributed by atoms with Crippen molar-refractivity contribution in [1.29, 1.82) is 0 Å². The Hall–Kier alpha value is -1.38. The van der Waals surface area contributed by atoms with Crippen LogP contribution in [0.2, 0.25) is 0 Å². The maximum absolute atomic E-state index is 11.4. The van der Waals surface area contributed by atoms with E-state index in [-0.39, 0.29) is 11.6 Å². The van der Waals surface area contributed by atoms with Crippen molar-refractivity contribution in [2.75, 3.05) is 7.05 Å². The smallest absolute Gasteiger partial charge is 0.273 e. The van der Waals surface area contributed by atoms with Gasteiger partial charge in [-0.25, -0.2) is 13.1 Å². The average Bonchev–Trinajstić information content (AvgIpc) is 2.75. The second kappa shape index (κ2) is 5.09. The molecule has 1 rings (SSSR count). The fourth-order valence-corrected chi connectivity index (χ4v) is 1.76. The van der Waals surface area contributed by atoms with Crippen LogP contribution in [0.5, 0.6) is 0 Å². The first kappa shape index (κ1) is 14.7. The fraction of sp³-hybridized carbons (Fsp3) is 0.500. The van der Waals surface area contributed by atoms with E-state index in [0.29, 0.717) is 5.76 Å². The summed E-state index contributed by atoms with van der Waals surface area (Å²) in [5, 5.41) is 2.71. The predicted molar refractivity (Wildman–Crippen MR) is 65.1 cm³/mol. The van der Waals surface area contributed by atoms with Crippen molar-refractivity contribution in [2.24, 2.45) is 5.73 Å². The molecule has 7 nitrogen and oxygen atoms in total. The van der Waals surface area contributed by atoms with Crippen molar-refractivity contribution in [3.63, 3.8) is 0 Å². The van der Waals surface area contributed by atoms with E-state index in [9.17, 15) is 13.2 Å². The molecule has 0 aliphatic rings. The molecule has 0 radical (unpaired) electrons. The first-order chi connectivity index (χ1) is 8.19. The molecule has 1 heterocycles. The van der Waals surface area contributed by atoms with Crippen LogP contribution < -0.4 is 15.8 Å². The molecule has 102 valence electrons. The van der Waals surface area contributed by atoms with Gasteiger partial charge < -0.3 is 10.2 Å². The standard InChI is InChI=1S/C10H17N3O4S/c1-10(2,9(11)14)13-6-7-4-5-8(17-7)18(15,16)12-3/h4-5,12-13H,6H2,1-3H3,(H2,11,14). The molecule has 1 amide bonds. The average molecular weight is 275 g/mol. The number of amides is 1. The van der Waals surface area contributed by atoms with Crippen LogP contribution in [-0.2, 0) is 21.4 Å². The van der Waals surface area contributed by atoms with Crippen molar-refractivity contribution in [3.05, 3.63) is 17.9 Å². The molecule has 0 bridgehead atoms. The molecule has 18 heavy (non-hydrogen) atoms. The summed E-state index contributed by atoms with van der Waals surface area (Å²) in [7, 11) is -2.29. The second-order valence-corrected chi connectivity index (χ2v) is 6.09. The van der Waals surface area contributed by atoms with Crippen LogP contribution >= 0.6 is 0 Å². The van der Waals surface area contributed by atoms with Crippen molar-refractivity contribution >= 4 is 15.9 Å². The lowest BCUT2D eigenvalue weighted by Gasteiger charge is -2.21. The minimum atomic E-state index is -3.58. The highest BCUT2D eigenvalue weighted by Gasteiger charge is 2.24. The number of carbonyl (C=O) groups is 1. The van der Waals surface area contributed by atoms with Crippen LogP contribution in [0, 0.1) is 0 Å². The molecular formula is C10H17N3O4S. The number of nitrogens with two attached hydrogens (primary N) is 1. The molecule has 1 aromatic rings. The molecule has 0 spiro atoms. The van der Waals surface area contributed by atoms with Crippen LogP contribution in [0.4, 0.5) is 0 Å². The van der Waals surface area contributed by atoms with Gasteiger partial charge in [-0.3, -0.25) is 10.1 Å². The molecule has 0 aliphatic heterocycles. The van der Waals surface area contributed by atoms with E-state index in [1.165, 1.54) is 19.2 Å². The number of nitrogens with one attached hydrogen (secondary N) is 2. The van der Waals surface area contributed by atoms with Crippen LogP contribution in [-0.4, -0.2) is 26.9 Å². The van der Waals surface area contributed by atoms with Crippen molar-refractivity contribution in [2.45, 2.75) is 31.0 Å². The third kappa shape index (κ3) is 3.31. The van der Waals surface area contributed by atoms with Crippen LogP contribution in [0.3, 0.4) is 0 Å². The zero-order valence-electron chi connectivity index (χ0n) is 10.5. The zero-order chi connectivity index (χ0) is 14.0. The molecule has 0 fully saturated rings. The minimum Gasteiger partial charge on any atom is -0.447 e. The lowest BCUT2D eigenvalue weighted by molar-refractivity contribution is -0.123. The summed E-state index contributed by atoms with van der Waals surface area (Å²) >= 11 is 0. The van der Waals surface area contributed by atoms with Crippen molar-refractivity contribution in [1.82, 2.24) is 10.0 Å². The van der Waals surface area contributed by atoms with Crippen LogP contribution in [0.1, 0.15) is 19.6 Å². The molecule has 0 unspecified atom stereocenters. The highest BCUT2D eigenvalue weighted by molar-refractivity contribution is 7.89. The van der Waals surface area contributed by atoms with Gasteiger partial charge in [-0.2, -0.15) is 0 Å². The van der Waals surface area contributed by atoms with Crippen LogP contribution in [0.25, 0.3) is 0 Å². The van der Waals surface area contributed by atoms with Gasteiger partial charge in [0.05, 0.1) is 12.1 Å². The van der Waals surface area contributed by atoms with Gasteiger partial charge in [0.1, 0.15) is 5.76 Å². The number of hydrogen-bond acceptors (Lipinski definition) is 5. The van der Waals surface area contributed by atoms with Crippen LogP contribution in [0.15, 0.2) is 21.6 Å². The zero-order valence-corrected chi connectivity index (χ0v) is 11.3. The Morgan fingerprint density at radius 3 is 2.56 bits per heavy atom. The van der Waals surface area contributed by atoms with Gasteiger partial charge in [-0.05, 0) is 33.0 Å². The summed E-state index contributed by atoms with van der Waals surface area (Å²) in [6.07, 6.45) is 0. The second-order valence-electron chi connectivity index (χ2n) is 4.27. The Labute approximate surface area is 106 Å². The molecule has 0 atom stereocenters. The molecule has 0 saturated heterocycles. The maximum Gasteiger partial charge on any atom is 0.273 e. The molecule has 0 saturated carbocycles. The summed E-state index contributed by atoms with van der Waals surface area (Å²) in [5.41, 5.74) is 4.30. The summed E-state index contributed by atoms with van der Waals surface area (Å²) < 4.78 is 30.1. The Bertz CT molecular complexity index is 533. The highest BCUT2D eigenvalue weighted by atomic mass is 32.2. The monoisotopic (exact) mass is 275 g/mol. The normalized spacial score (nSPS) is 12.6. The van der Waals surface area contributed by atoms with Crippen molar-refractivity contribution < 1.29 is 17.6 Å². The molecule has 0 aliphatic carbocycles. The number of hydrogen-bond donors (Lipinski definition) is 3. The van der Waals surface area contributed by atoms with Gasteiger partial charge >= 0.3 is 0 Å². The van der Waals surface area contributed by atoms with E-state index in [2.05, 4.69) is 10.0 Å². The molecule has 1 aromatic heterocycles. The van der Waals surface area contributed by atoms with Gasteiger partial charge in [-0.15, -0.1) is 0 Å². The van der Waals surface area contributed by atoms with Gasteiger partial charge in [0.25, 0.3) is 10.0 Å². The van der Waals surface area contributed by atoms with Gasteiger partial charge in [0, 0.05) is 0 Å². The summed E-state index contributed by atoms with van der Waals surface area (Å²) in [4.78, 5) is 11.1. The number of furan rings is 1. The predicted octanol–water partition coefficient (Wildman–Crippen LogP) is -0.459. The Morgan fingerprint density at radius 1 is 1.44 bits per heavy atom. The van der Waals surface area contributed by atoms with E-state index in [4.69, 9.17) is 10.2 Å². The van der Waals surface area contributed by atoms with E-state index >= 15 is 0 Å². The molecule has 4 N–H and O–H groups in total. The molecular weight excluding hydrogens is 258 g/mol. The number of primary amides is 1. The fourth-order valence-electron chi connectivity index (χ4n) is 1.09. The molecule has 8 heteroatoms. The van der Waals surface area contributed by atoms with Gasteiger partial charge in [-0.1, -0.05) is 0 Å². The lowest BCUT2D eigenvalue weighted by Crippen LogP contribution is -2.50. The van der Waals surface area contributed by atoms with Gasteiger partial charge in [0.15, 0.2) is 0 Å². The minimum absolute atomic E-state index is 0.168. The highest BCUT2D eigenvalue weighted by Crippen LogP contribution is 2.14. The van der Waals surface area contributed by atoms with E-state index in [1.54, 1.807) is 13.8 Å². The Kier molecular flexibility index (Phi) is 4.15. The number of sulfonamides is 1. The lowest BCUT2D eigenvalue weighted by atomic mass is 10.1. The third-order valence-corrected chi connectivity index (χ3v) is 3.78. The number of carbonyl (C=O) groups excluding carboxylic acids is 1. The van der Waals surface area contributed by atoms with E-state index in [1.807, 2.05) is 0 Å². The third-order valence-electron chi connectivity index (χ3n) is 2.49. The summed E-state index contributed by atoms with van der Waals surface area (Å²) in [6, 6.07) is 2.87. The van der Waals surface area contributed by atoms with E-state index < -0.39 is 21.5 Å². The SMILES string of the molecule is CNS(=O)(=O)c1ccc(CNC(C)(C)C(N)=O)o1. The summed E-state index contributed by atoms with van der Waals surface area (Å²) in [5.74, 6) is -0.102. The first-order valence-electron chi connectivity index (χ1n) is 5.26. The summed E-state index contributed by atoms with van der Waals surface area (Å²) in [6.45, 7) is 3.46. The largest absolute Gasteiger partial charge is 0.447 e. The Morgan fingerprint density at radius 2 is 2.06 bits per heavy atom. The van der Waals surface area contributed by atoms with E-state index in [0.717, 1.165) is 0 Å². The van der Waals surface area contributed by atoms with Crippen molar-refractivity contribution in [3.8, 4) is 0 Å². The maximum atomic E-state index is 11.4. The quantitative estimate of drug-likeness (QED) is 0.650. The first-order valence-corrected chi connectivity index (χ1v) is 6.74.